The predicted molar refractivity (Wildman–Crippen MR) is 97.1 cm³/mol. The van der Waals surface area contributed by atoms with Crippen LogP contribution < -0.4 is 0 Å². The molecule has 4 bridgehead atoms. The van der Waals surface area contributed by atoms with E-state index < -0.39 is 0 Å². The lowest BCUT2D eigenvalue weighted by Crippen LogP contribution is -2.59. The molecule has 1 saturated heterocycles. The Morgan fingerprint density at radius 3 is 2.56 bits per heavy atom. The number of nitrogens with zero attached hydrogens (tertiary/aromatic N) is 2. The standard InChI is InChI=1S/C22H28N2O/c1-22-10-14-8-16(11-22)20(17(9-14)12-22)24-13-19-18-5-3-2-4-15(18)6-7-23(19)21(24)25/h2-5,14,16-17,19-20H,6-13H2,1H3/t14?,16-,17+,19?,20?,22?. The minimum atomic E-state index is 0.297. The van der Waals surface area contributed by atoms with Crippen molar-refractivity contribution >= 4 is 6.03 Å². The highest BCUT2D eigenvalue weighted by molar-refractivity contribution is 5.78. The molecule has 6 aliphatic rings. The first-order valence-corrected chi connectivity index (χ1v) is 10.3. The van der Waals surface area contributed by atoms with Crippen molar-refractivity contribution in [3.63, 3.8) is 0 Å². The Hall–Kier alpha value is -1.51. The Kier molecular flexibility index (Phi) is 2.81. The van der Waals surface area contributed by atoms with Crippen LogP contribution in [0.25, 0.3) is 0 Å². The third-order valence-electron chi connectivity index (χ3n) is 8.16. The summed E-state index contributed by atoms with van der Waals surface area (Å²) in [5, 5.41) is 0. The van der Waals surface area contributed by atoms with Gasteiger partial charge in [-0.2, -0.15) is 0 Å². The van der Waals surface area contributed by atoms with Gasteiger partial charge in [-0.3, -0.25) is 0 Å². The summed E-state index contributed by atoms with van der Waals surface area (Å²) in [7, 11) is 0. The first-order valence-electron chi connectivity index (χ1n) is 10.3. The van der Waals surface area contributed by atoms with Gasteiger partial charge in [0.25, 0.3) is 0 Å². The van der Waals surface area contributed by atoms with Gasteiger partial charge in [0.2, 0.25) is 0 Å². The molecule has 2 amide bonds. The molecule has 2 heterocycles. The van der Waals surface area contributed by atoms with Crippen molar-refractivity contribution in [2.75, 3.05) is 13.1 Å². The van der Waals surface area contributed by atoms with Gasteiger partial charge < -0.3 is 9.80 Å². The van der Waals surface area contributed by atoms with Crippen molar-refractivity contribution in [2.24, 2.45) is 23.2 Å². The molecule has 1 aromatic carbocycles. The third kappa shape index (κ3) is 1.96. The lowest BCUT2D eigenvalue weighted by molar-refractivity contribution is -0.0913. The minimum Gasteiger partial charge on any atom is -0.319 e. The molecule has 132 valence electrons. The van der Waals surface area contributed by atoms with E-state index in [4.69, 9.17) is 0 Å². The number of benzene rings is 1. The van der Waals surface area contributed by atoms with Crippen LogP contribution in [0.15, 0.2) is 24.3 Å². The Labute approximate surface area is 150 Å². The number of urea groups is 1. The van der Waals surface area contributed by atoms with Crippen molar-refractivity contribution in [3.05, 3.63) is 35.4 Å². The van der Waals surface area contributed by atoms with Crippen LogP contribution in [0.5, 0.6) is 0 Å². The highest BCUT2D eigenvalue weighted by Gasteiger charge is 2.57. The van der Waals surface area contributed by atoms with Gasteiger partial charge in [-0.05, 0) is 72.8 Å². The van der Waals surface area contributed by atoms with E-state index in [0.717, 1.165) is 37.3 Å². The van der Waals surface area contributed by atoms with Crippen molar-refractivity contribution < 1.29 is 4.79 Å². The fraction of sp³-hybridized carbons (Fsp3) is 0.682. The van der Waals surface area contributed by atoms with Crippen molar-refractivity contribution in [3.8, 4) is 0 Å². The SMILES string of the molecule is CC12CC3C[C@H](C1)C(N1CC4c5ccccc5CCN4C1=O)[C@@H](C3)C2. The van der Waals surface area contributed by atoms with Crippen LogP contribution in [0.1, 0.15) is 56.2 Å². The smallest absolute Gasteiger partial charge is 0.319 e. The van der Waals surface area contributed by atoms with E-state index in [-0.39, 0.29) is 0 Å². The lowest BCUT2D eigenvalue weighted by Gasteiger charge is -2.60. The van der Waals surface area contributed by atoms with E-state index in [9.17, 15) is 4.79 Å². The molecule has 3 nitrogen and oxygen atoms in total. The predicted octanol–water partition coefficient (Wildman–Crippen LogP) is 4.24. The second-order valence-corrected chi connectivity index (χ2v) is 9.86. The fourth-order valence-corrected chi connectivity index (χ4v) is 7.67. The van der Waals surface area contributed by atoms with Gasteiger partial charge >= 0.3 is 6.03 Å². The number of carbonyl (C=O) groups excluding carboxylic acids is 1. The molecule has 25 heavy (non-hydrogen) atoms. The number of hydrogen-bond acceptors (Lipinski definition) is 1. The molecule has 0 N–H and O–H groups in total. The van der Waals surface area contributed by atoms with Gasteiger partial charge in [0, 0.05) is 19.1 Å². The summed E-state index contributed by atoms with van der Waals surface area (Å²) in [5.74, 6) is 2.47. The maximum absolute atomic E-state index is 13.3. The van der Waals surface area contributed by atoms with E-state index in [1.165, 1.54) is 43.2 Å². The maximum Gasteiger partial charge on any atom is 0.320 e. The lowest BCUT2D eigenvalue weighted by atomic mass is 9.48. The number of amides is 2. The van der Waals surface area contributed by atoms with Crippen LogP contribution in [0.3, 0.4) is 0 Å². The van der Waals surface area contributed by atoms with Crippen LogP contribution in [0.2, 0.25) is 0 Å². The summed E-state index contributed by atoms with van der Waals surface area (Å²) < 4.78 is 0. The van der Waals surface area contributed by atoms with E-state index in [0.29, 0.717) is 23.5 Å². The van der Waals surface area contributed by atoms with Crippen LogP contribution in [0, 0.1) is 23.2 Å². The number of carbonyl (C=O) groups is 1. The minimum absolute atomic E-state index is 0.297. The normalized spacial score (nSPS) is 44.2. The molecule has 4 saturated carbocycles. The Bertz CT molecular complexity index is 727. The molecule has 6 atom stereocenters. The van der Waals surface area contributed by atoms with Crippen molar-refractivity contribution in [1.82, 2.24) is 9.80 Å². The summed E-state index contributed by atoms with van der Waals surface area (Å²) >= 11 is 0. The van der Waals surface area contributed by atoms with E-state index in [1.807, 2.05) is 0 Å². The molecule has 2 aliphatic heterocycles. The maximum atomic E-state index is 13.3. The fourth-order valence-electron chi connectivity index (χ4n) is 7.67. The molecule has 3 heteroatoms. The molecule has 4 unspecified atom stereocenters. The average molecular weight is 336 g/mol. The van der Waals surface area contributed by atoms with Crippen molar-refractivity contribution in [2.45, 2.75) is 57.5 Å². The molecule has 4 aliphatic carbocycles. The Morgan fingerprint density at radius 2 is 1.80 bits per heavy atom. The van der Waals surface area contributed by atoms with Crippen LogP contribution >= 0.6 is 0 Å². The number of rotatable bonds is 1. The van der Waals surface area contributed by atoms with Gasteiger partial charge in [0.05, 0.1) is 6.04 Å². The summed E-state index contributed by atoms with van der Waals surface area (Å²) in [6.07, 6.45) is 7.93. The second-order valence-electron chi connectivity index (χ2n) is 9.86. The largest absolute Gasteiger partial charge is 0.320 e. The molecule has 5 fully saturated rings. The monoisotopic (exact) mass is 336 g/mol. The van der Waals surface area contributed by atoms with Crippen molar-refractivity contribution in [1.29, 1.82) is 0 Å². The zero-order chi connectivity index (χ0) is 16.8. The van der Waals surface area contributed by atoms with Gasteiger partial charge in [0.15, 0.2) is 0 Å². The van der Waals surface area contributed by atoms with E-state index >= 15 is 0 Å². The first kappa shape index (κ1) is 14.6. The molecule has 0 radical (unpaired) electrons. The summed E-state index contributed by atoms with van der Waals surface area (Å²) in [5.41, 5.74) is 3.44. The van der Waals surface area contributed by atoms with Gasteiger partial charge in [-0.15, -0.1) is 0 Å². The quantitative estimate of drug-likeness (QED) is 0.752. The van der Waals surface area contributed by atoms with Gasteiger partial charge in [-0.25, -0.2) is 4.79 Å². The molecule has 1 aromatic rings. The molecule has 0 spiro atoms. The molecular weight excluding hydrogens is 308 g/mol. The molecule has 7 rings (SSSR count). The second kappa shape index (κ2) is 4.81. The van der Waals surface area contributed by atoms with Gasteiger partial charge in [0.1, 0.15) is 0 Å². The first-order chi connectivity index (χ1) is 12.1. The average Bonchev–Trinajstić information content (AvgIpc) is 2.90. The zero-order valence-corrected chi connectivity index (χ0v) is 15.2. The molecular formula is C22H28N2O. The summed E-state index contributed by atoms with van der Waals surface area (Å²) in [4.78, 5) is 17.8. The van der Waals surface area contributed by atoms with Crippen LogP contribution in [-0.4, -0.2) is 35.0 Å². The zero-order valence-electron chi connectivity index (χ0n) is 15.2. The van der Waals surface area contributed by atoms with E-state index in [1.54, 1.807) is 0 Å². The van der Waals surface area contributed by atoms with Crippen LogP contribution in [-0.2, 0) is 6.42 Å². The number of hydrogen-bond donors (Lipinski definition) is 0. The number of fused-ring (bicyclic) bond motifs is 3. The third-order valence-corrected chi connectivity index (χ3v) is 8.16. The summed E-state index contributed by atoms with van der Waals surface area (Å²) in [6.45, 7) is 4.34. The highest BCUT2D eigenvalue weighted by Crippen LogP contribution is 2.61. The highest BCUT2D eigenvalue weighted by atomic mass is 16.2. The topological polar surface area (TPSA) is 23.6 Å². The Balaban J connectivity index is 1.33. The Morgan fingerprint density at radius 1 is 1.04 bits per heavy atom. The molecule has 0 aromatic heterocycles. The van der Waals surface area contributed by atoms with E-state index in [2.05, 4.69) is 41.0 Å². The summed E-state index contributed by atoms with van der Waals surface area (Å²) in [6, 6.07) is 9.94. The van der Waals surface area contributed by atoms with Gasteiger partial charge in [-0.1, -0.05) is 31.2 Å². The van der Waals surface area contributed by atoms with Crippen LogP contribution in [0.4, 0.5) is 4.79 Å².